The third-order valence-electron chi connectivity index (χ3n) is 5.88. The zero-order chi connectivity index (χ0) is 19.1. The monoisotopic (exact) mass is 370 g/mol. The lowest BCUT2D eigenvalue weighted by atomic mass is 9.89. The van der Waals surface area contributed by atoms with Crippen LogP contribution in [-0.4, -0.2) is 74.8 Å². The smallest absolute Gasteiger partial charge is 0.194 e. The molecule has 0 saturated carbocycles. The highest BCUT2D eigenvalue weighted by Gasteiger charge is 2.35. The summed E-state index contributed by atoms with van der Waals surface area (Å²) < 4.78 is 5.59. The minimum atomic E-state index is 0.111. The molecular formula is C22H34N4O. The molecular weight excluding hydrogens is 336 g/mol. The molecule has 2 heterocycles. The lowest BCUT2D eigenvalue weighted by Crippen LogP contribution is -2.52. The van der Waals surface area contributed by atoms with Crippen molar-refractivity contribution in [2.24, 2.45) is 4.99 Å². The number of nitrogens with one attached hydrogen (secondary N) is 1. The number of nitrogens with zero attached hydrogens (tertiary/aromatic N) is 3. The zero-order valence-corrected chi connectivity index (χ0v) is 17.1. The van der Waals surface area contributed by atoms with Crippen molar-refractivity contribution >= 4 is 11.5 Å². The van der Waals surface area contributed by atoms with Gasteiger partial charge in [0.25, 0.3) is 0 Å². The first-order valence-corrected chi connectivity index (χ1v) is 10.2. The van der Waals surface area contributed by atoms with Gasteiger partial charge in [0.2, 0.25) is 0 Å². The molecule has 5 nitrogen and oxygen atoms in total. The van der Waals surface area contributed by atoms with Crippen molar-refractivity contribution in [2.45, 2.75) is 31.7 Å². The van der Waals surface area contributed by atoms with E-state index in [1.54, 1.807) is 0 Å². The Morgan fingerprint density at radius 2 is 1.96 bits per heavy atom. The molecule has 1 aromatic carbocycles. The average Bonchev–Trinajstić information content (AvgIpc) is 2.72. The Balaban J connectivity index is 1.70. The number of likely N-dealkylation sites (N-methyl/N-ethyl adjacent to an activating group) is 1. The Morgan fingerprint density at radius 3 is 2.56 bits per heavy atom. The van der Waals surface area contributed by atoms with Gasteiger partial charge in [-0.25, -0.2) is 0 Å². The van der Waals surface area contributed by atoms with E-state index in [4.69, 9.17) is 9.73 Å². The zero-order valence-electron chi connectivity index (χ0n) is 17.1. The van der Waals surface area contributed by atoms with Gasteiger partial charge in [-0.15, -0.1) is 0 Å². The van der Waals surface area contributed by atoms with Crippen LogP contribution in [0.3, 0.4) is 0 Å². The van der Waals surface area contributed by atoms with Crippen LogP contribution >= 0.6 is 0 Å². The Kier molecular flexibility index (Phi) is 6.91. The summed E-state index contributed by atoms with van der Waals surface area (Å²) in [5, 5.41) is 3.50. The van der Waals surface area contributed by atoms with E-state index >= 15 is 0 Å². The van der Waals surface area contributed by atoms with Crippen molar-refractivity contribution < 1.29 is 4.74 Å². The number of benzene rings is 1. The fraction of sp³-hybridized carbons (Fsp3) is 0.591. The summed E-state index contributed by atoms with van der Waals surface area (Å²) in [6.07, 6.45) is 5.49. The van der Waals surface area contributed by atoms with Crippen molar-refractivity contribution in [2.75, 3.05) is 53.5 Å². The van der Waals surface area contributed by atoms with E-state index in [0.717, 1.165) is 64.6 Å². The third kappa shape index (κ3) is 4.90. The predicted octanol–water partition coefficient (Wildman–Crippen LogP) is 2.85. The quantitative estimate of drug-likeness (QED) is 0.639. The summed E-state index contributed by atoms with van der Waals surface area (Å²) in [7, 11) is 4.34. The van der Waals surface area contributed by atoms with Crippen LogP contribution in [0.1, 0.15) is 31.7 Å². The molecule has 2 aliphatic rings. The normalized spacial score (nSPS) is 20.5. The first-order valence-electron chi connectivity index (χ1n) is 10.2. The van der Waals surface area contributed by atoms with Gasteiger partial charge in [0.15, 0.2) is 5.96 Å². The molecule has 1 fully saturated rings. The molecule has 0 aliphatic carbocycles. The van der Waals surface area contributed by atoms with Crippen LogP contribution < -0.4 is 5.32 Å². The van der Waals surface area contributed by atoms with Crippen LogP contribution in [0.15, 0.2) is 41.4 Å². The van der Waals surface area contributed by atoms with Gasteiger partial charge in [0.1, 0.15) is 0 Å². The molecule has 1 aromatic rings. The van der Waals surface area contributed by atoms with Crippen molar-refractivity contribution in [1.29, 1.82) is 0 Å². The molecule has 2 aliphatic heterocycles. The molecule has 1 N–H and O–H groups in total. The van der Waals surface area contributed by atoms with E-state index < -0.39 is 0 Å². The largest absolute Gasteiger partial charge is 0.381 e. The highest BCUT2D eigenvalue weighted by molar-refractivity contribution is 5.81. The van der Waals surface area contributed by atoms with Gasteiger partial charge in [-0.2, -0.15) is 0 Å². The molecule has 1 saturated heterocycles. The van der Waals surface area contributed by atoms with Gasteiger partial charge in [0, 0.05) is 38.4 Å². The minimum absolute atomic E-state index is 0.111. The second-order valence-corrected chi connectivity index (χ2v) is 7.69. The van der Waals surface area contributed by atoms with Crippen LogP contribution in [0.25, 0.3) is 5.57 Å². The lowest BCUT2D eigenvalue weighted by Gasteiger charge is -2.42. The van der Waals surface area contributed by atoms with Crippen molar-refractivity contribution in [3.63, 3.8) is 0 Å². The SMILES string of the molecule is CCNC(=NCC1(N(C)C)CCOCC1)N1CC=C(c2ccccc2)CC1. The summed E-state index contributed by atoms with van der Waals surface area (Å²) in [5.41, 5.74) is 2.89. The topological polar surface area (TPSA) is 40.1 Å². The predicted molar refractivity (Wildman–Crippen MR) is 113 cm³/mol. The number of ether oxygens (including phenoxy) is 1. The standard InChI is InChI=1S/C22H34N4O/c1-4-23-21(24-18-22(25(2)3)12-16-27-17-13-22)26-14-10-20(11-15-26)19-8-6-5-7-9-19/h5-10H,4,11-18H2,1-3H3,(H,23,24). The number of hydrogen-bond acceptors (Lipinski definition) is 3. The number of rotatable bonds is 5. The van der Waals surface area contributed by atoms with Crippen LogP contribution in [0, 0.1) is 0 Å². The Bertz CT molecular complexity index is 648. The summed E-state index contributed by atoms with van der Waals surface area (Å²) in [6.45, 7) is 7.42. The van der Waals surface area contributed by atoms with Crippen molar-refractivity contribution in [1.82, 2.24) is 15.1 Å². The second kappa shape index (κ2) is 9.38. The van der Waals surface area contributed by atoms with Crippen LogP contribution in [0.2, 0.25) is 0 Å². The highest BCUT2D eigenvalue weighted by atomic mass is 16.5. The van der Waals surface area contributed by atoms with Gasteiger partial charge in [-0.1, -0.05) is 36.4 Å². The molecule has 5 heteroatoms. The van der Waals surface area contributed by atoms with Crippen LogP contribution in [-0.2, 0) is 4.74 Å². The molecule has 0 bridgehead atoms. The van der Waals surface area contributed by atoms with Gasteiger partial charge in [-0.3, -0.25) is 4.99 Å². The maximum absolute atomic E-state index is 5.59. The van der Waals surface area contributed by atoms with Crippen LogP contribution in [0.4, 0.5) is 0 Å². The molecule has 0 atom stereocenters. The maximum Gasteiger partial charge on any atom is 0.194 e. The summed E-state index contributed by atoms with van der Waals surface area (Å²) in [4.78, 5) is 9.77. The van der Waals surface area contributed by atoms with Crippen LogP contribution in [0.5, 0.6) is 0 Å². The third-order valence-corrected chi connectivity index (χ3v) is 5.88. The van der Waals surface area contributed by atoms with Crippen molar-refractivity contribution in [3.05, 3.63) is 42.0 Å². The first kappa shape index (κ1) is 19.9. The summed E-state index contributed by atoms with van der Waals surface area (Å²) in [6, 6.07) is 10.7. The summed E-state index contributed by atoms with van der Waals surface area (Å²) >= 11 is 0. The molecule has 0 radical (unpaired) electrons. The maximum atomic E-state index is 5.59. The van der Waals surface area contributed by atoms with E-state index in [-0.39, 0.29) is 5.54 Å². The molecule has 0 aromatic heterocycles. The number of guanidine groups is 1. The molecule has 27 heavy (non-hydrogen) atoms. The molecule has 0 spiro atoms. The molecule has 148 valence electrons. The van der Waals surface area contributed by atoms with E-state index in [0.29, 0.717) is 0 Å². The van der Waals surface area contributed by atoms with E-state index in [2.05, 4.69) is 72.5 Å². The number of hydrogen-bond donors (Lipinski definition) is 1. The summed E-state index contributed by atoms with van der Waals surface area (Å²) in [5.74, 6) is 1.04. The van der Waals surface area contributed by atoms with Crippen molar-refractivity contribution in [3.8, 4) is 0 Å². The lowest BCUT2D eigenvalue weighted by molar-refractivity contribution is -0.00263. The Morgan fingerprint density at radius 1 is 1.22 bits per heavy atom. The fourth-order valence-electron chi connectivity index (χ4n) is 3.92. The minimum Gasteiger partial charge on any atom is -0.381 e. The van der Waals surface area contributed by atoms with E-state index in [1.807, 2.05) is 0 Å². The average molecular weight is 371 g/mol. The van der Waals surface area contributed by atoms with Gasteiger partial charge >= 0.3 is 0 Å². The molecule has 3 rings (SSSR count). The molecule has 0 unspecified atom stereocenters. The first-order chi connectivity index (χ1) is 13.1. The highest BCUT2D eigenvalue weighted by Crippen LogP contribution is 2.27. The molecule has 0 amide bonds. The number of aliphatic imine (C=N–C) groups is 1. The fourth-order valence-corrected chi connectivity index (χ4v) is 3.92. The van der Waals surface area contributed by atoms with Gasteiger partial charge in [-0.05, 0) is 51.4 Å². The van der Waals surface area contributed by atoms with E-state index in [9.17, 15) is 0 Å². The second-order valence-electron chi connectivity index (χ2n) is 7.69. The Labute approximate surface area is 164 Å². The van der Waals surface area contributed by atoms with Gasteiger partial charge in [0.05, 0.1) is 6.54 Å². The Hall–Kier alpha value is -1.85. The van der Waals surface area contributed by atoms with Gasteiger partial charge < -0.3 is 19.9 Å². The van der Waals surface area contributed by atoms with E-state index in [1.165, 1.54) is 11.1 Å².